The van der Waals surface area contributed by atoms with Crippen molar-refractivity contribution in [3.05, 3.63) is 29.8 Å². The van der Waals surface area contributed by atoms with E-state index >= 15 is 0 Å². The molecule has 3 amide bonds. The van der Waals surface area contributed by atoms with Gasteiger partial charge in [0, 0.05) is 6.54 Å². The van der Waals surface area contributed by atoms with Gasteiger partial charge in [-0.05, 0) is 30.7 Å². The molecule has 1 rings (SSSR count). The lowest BCUT2D eigenvalue weighted by Gasteiger charge is -2.20. The predicted molar refractivity (Wildman–Crippen MR) is 85.9 cm³/mol. The van der Waals surface area contributed by atoms with Gasteiger partial charge in [-0.2, -0.15) is 0 Å². The Morgan fingerprint density at radius 1 is 1.17 bits per heavy atom. The number of rotatable bonds is 7. The van der Waals surface area contributed by atoms with Crippen LogP contribution in [0.1, 0.15) is 19.4 Å². The Morgan fingerprint density at radius 2 is 1.74 bits per heavy atom. The Kier molecular flexibility index (Phi) is 6.52. The number of urea groups is 1. The molecule has 0 heterocycles. The molecule has 5 N–H and O–H groups in total. The standard InChI is InChI=1S/C14H22N4O4S/c1-9(2)12(18-14(15)20)13(19)17-8-10-4-6-11(7-5-10)23(21,22)16-3/h4-7,9,12,16H,8H2,1-3H3,(H,17,19)(H3,15,18,20)/t12-/m1/s1. The topological polar surface area (TPSA) is 130 Å². The van der Waals surface area contributed by atoms with Gasteiger partial charge in [0.2, 0.25) is 15.9 Å². The summed E-state index contributed by atoms with van der Waals surface area (Å²) in [5, 5.41) is 5.07. The number of carbonyl (C=O) groups excluding carboxylic acids is 2. The van der Waals surface area contributed by atoms with E-state index in [1.54, 1.807) is 26.0 Å². The molecule has 1 atom stereocenters. The normalized spacial score (nSPS) is 12.7. The van der Waals surface area contributed by atoms with Gasteiger partial charge in [-0.15, -0.1) is 0 Å². The fourth-order valence-corrected chi connectivity index (χ4v) is 2.62. The van der Waals surface area contributed by atoms with Crippen molar-refractivity contribution >= 4 is 22.0 Å². The highest BCUT2D eigenvalue weighted by atomic mass is 32.2. The van der Waals surface area contributed by atoms with Crippen LogP contribution in [0, 0.1) is 5.92 Å². The number of hydrogen-bond acceptors (Lipinski definition) is 4. The van der Waals surface area contributed by atoms with Crippen LogP contribution >= 0.6 is 0 Å². The second-order valence-corrected chi connectivity index (χ2v) is 7.19. The molecule has 0 aromatic heterocycles. The van der Waals surface area contributed by atoms with Crippen molar-refractivity contribution in [3.8, 4) is 0 Å². The van der Waals surface area contributed by atoms with E-state index in [0.717, 1.165) is 5.56 Å². The quantitative estimate of drug-likeness (QED) is 0.551. The van der Waals surface area contributed by atoms with Gasteiger partial charge in [-0.25, -0.2) is 17.9 Å². The highest BCUT2D eigenvalue weighted by molar-refractivity contribution is 7.89. The highest BCUT2D eigenvalue weighted by Crippen LogP contribution is 2.10. The van der Waals surface area contributed by atoms with Crippen LogP contribution in [0.5, 0.6) is 0 Å². The highest BCUT2D eigenvalue weighted by Gasteiger charge is 2.22. The van der Waals surface area contributed by atoms with E-state index in [-0.39, 0.29) is 23.3 Å². The number of amides is 3. The lowest BCUT2D eigenvalue weighted by molar-refractivity contribution is -0.124. The summed E-state index contributed by atoms with van der Waals surface area (Å²) in [7, 11) is -2.15. The van der Waals surface area contributed by atoms with E-state index in [1.165, 1.54) is 19.2 Å². The van der Waals surface area contributed by atoms with Crippen LogP contribution in [0.4, 0.5) is 4.79 Å². The second kappa shape index (κ2) is 7.93. The summed E-state index contributed by atoms with van der Waals surface area (Å²) in [4.78, 5) is 23.1. The van der Waals surface area contributed by atoms with Crippen LogP contribution in [0.15, 0.2) is 29.2 Å². The van der Waals surface area contributed by atoms with E-state index in [2.05, 4.69) is 15.4 Å². The van der Waals surface area contributed by atoms with Gasteiger partial charge in [-0.1, -0.05) is 26.0 Å². The number of nitrogens with one attached hydrogen (secondary N) is 3. The van der Waals surface area contributed by atoms with Gasteiger partial charge in [0.05, 0.1) is 4.90 Å². The van der Waals surface area contributed by atoms with Gasteiger partial charge < -0.3 is 16.4 Å². The molecule has 0 aliphatic rings. The minimum atomic E-state index is -3.48. The third kappa shape index (κ3) is 5.53. The zero-order valence-electron chi connectivity index (χ0n) is 13.3. The maximum atomic E-state index is 12.1. The number of carbonyl (C=O) groups is 2. The van der Waals surface area contributed by atoms with Crippen molar-refractivity contribution in [2.45, 2.75) is 31.3 Å². The molecule has 0 saturated heterocycles. The smallest absolute Gasteiger partial charge is 0.312 e. The van der Waals surface area contributed by atoms with Crippen molar-refractivity contribution in [2.24, 2.45) is 11.7 Å². The lowest BCUT2D eigenvalue weighted by Crippen LogP contribution is -2.51. The second-order valence-electron chi connectivity index (χ2n) is 5.30. The number of benzene rings is 1. The van der Waals surface area contributed by atoms with Gasteiger partial charge in [0.25, 0.3) is 0 Å². The van der Waals surface area contributed by atoms with Crippen molar-refractivity contribution in [1.82, 2.24) is 15.4 Å². The summed E-state index contributed by atoms with van der Waals surface area (Å²) in [6.07, 6.45) is 0. The number of hydrogen-bond donors (Lipinski definition) is 4. The molecule has 8 nitrogen and oxygen atoms in total. The first kappa shape index (κ1) is 18.9. The maximum absolute atomic E-state index is 12.1. The van der Waals surface area contributed by atoms with Crippen molar-refractivity contribution in [3.63, 3.8) is 0 Å². The van der Waals surface area contributed by atoms with Crippen LogP contribution in [-0.4, -0.2) is 33.4 Å². The zero-order chi connectivity index (χ0) is 17.6. The molecule has 1 aromatic carbocycles. The first-order valence-corrected chi connectivity index (χ1v) is 8.52. The summed E-state index contributed by atoms with van der Waals surface area (Å²) >= 11 is 0. The van der Waals surface area contributed by atoms with Crippen LogP contribution in [0.2, 0.25) is 0 Å². The molecule has 0 bridgehead atoms. The zero-order valence-corrected chi connectivity index (χ0v) is 14.1. The van der Waals surface area contributed by atoms with Gasteiger partial charge in [0.1, 0.15) is 6.04 Å². The van der Waals surface area contributed by atoms with Gasteiger partial charge in [0.15, 0.2) is 0 Å². The molecule has 23 heavy (non-hydrogen) atoms. The van der Waals surface area contributed by atoms with Crippen LogP contribution in [0.3, 0.4) is 0 Å². The molecule has 128 valence electrons. The average molecular weight is 342 g/mol. The van der Waals surface area contributed by atoms with Crippen molar-refractivity contribution < 1.29 is 18.0 Å². The van der Waals surface area contributed by atoms with E-state index in [9.17, 15) is 18.0 Å². The minimum absolute atomic E-state index is 0.120. The number of primary amides is 1. The molecule has 0 aliphatic heterocycles. The fraction of sp³-hybridized carbons (Fsp3) is 0.429. The Morgan fingerprint density at radius 3 is 2.17 bits per heavy atom. The molecule has 0 radical (unpaired) electrons. The summed E-state index contributed by atoms with van der Waals surface area (Å²) in [5.74, 6) is -0.476. The van der Waals surface area contributed by atoms with E-state index in [0.29, 0.717) is 0 Å². The maximum Gasteiger partial charge on any atom is 0.312 e. The molecule has 0 fully saturated rings. The van der Waals surface area contributed by atoms with E-state index in [4.69, 9.17) is 5.73 Å². The first-order valence-electron chi connectivity index (χ1n) is 7.03. The van der Waals surface area contributed by atoms with E-state index in [1.807, 2.05) is 0 Å². The van der Waals surface area contributed by atoms with Gasteiger partial charge in [-0.3, -0.25) is 4.79 Å². The largest absolute Gasteiger partial charge is 0.352 e. The molecule has 0 unspecified atom stereocenters. The van der Waals surface area contributed by atoms with Crippen LogP contribution in [-0.2, 0) is 21.4 Å². The lowest BCUT2D eigenvalue weighted by atomic mass is 10.0. The molecule has 0 aliphatic carbocycles. The Balaban J connectivity index is 2.70. The third-order valence-corrected chi connectivity index (χ3v) is 4.65. The fourth-order valence-electron chi connectivity index (χ4n) is 1.89. The Labute approximate surface area is 135 Å². The molecular formula is C14H22N4O4S. The van der Waals surface area contributed by atoms with E-state index < -0.39 is 22.1 Å². The Bertz CT molecular complexity index is 656. The van der Waals surface area contributed by atoms with Crippen LogP contribution in [0.25, 0.3) is 0 Å². The number of nitrogens with two attached hydrogens (primary N) is 1. The third-order valence-electron chi connectivity index (χ3n) is 3.22. The molecule has 0 saturated carbocycles. The monoisotopic (exact) mass is 342 g/mol. The summed E-state index contributed by atoms with van der Waals surface area (Å²) in [6.45, 7) is 3.79. The molecule has 0 spiro atoms. The van der Waals surface area contributed by atoms with Gasteiger partial charge >= 0.3 is 6.03 Å². The Hall–Kier alpha value is -2.13. The molecular weight excluding hydrogens is 320 g/mol. The first-order chi connectivity index (χ1) is 10.7. The summed E-state index contributed by atoms with van der Waals surface area (Å²) in [6, 6.07) is 4.63. The molecule has 9 heteroatoms. The minimum Gasteiger partial charge on any atom is -0.352 e. The average Bonchev–Trinajstić information content (AvgIpc) is 2.50. The predicted octanol–water partition coefficient (Wildman–Crippen LogP) is -0.0962. The van der Waals surface area contributed by atoms with Crippen molar-refractivity contribution in [2.75, 3.05) is 7.05 Å². The van der Waals surface area contributed by atoms with Crippen molar-refractivity contribution in [1.29, 1.82) is 0 Å². The SMILES string of the molecule is CNS(=O)(=O)c1ccc(CNC(=O)[C@H](NC(N)=O)C(C)C)cc1. The summed E-state index contributed by atoms with van der Waals surface area (Å²) < 4.78 is 25.4. The molecule has 1 aromatic rings. The summed E-state index contributed by atoms with van der Waals surface area (Å²) in [5.41, 5.74) is 5.79. The van der Waals surface area contributed by atoms with Crippen LogP contribution < -0.4 is 21.1 Å². The number of sulfonamides is 1.